The summed E-state index contributed by atoms with van der Waals surface area (Å²) in [5.41, 5.74) is 1.15. The third-order valence-electron chi connectivity index (χ3n) is 3.89. The highest BCUT2D eigenvalue weighted by Gasteiger charge is 2.33. The molecule has 1 aromatic heterocycles. The highest BCUT2D eigenvalue weighted by Crippen LogP contribution is 2.33. The van der Waals surface area contributed by atoms with E-state index in [4.69, 9.17) is 9.47 Å². The molecule has 1 aromatic rings. The van der Waals surface area contributed by atoms with Gasteiger partial charge in [0.25, 0.3) is 0 Å². The molecular formula is C13H18N2O3. The van der Waals surface area contributed by atoms with Gasteiger partial charge in [-0.25, -0.2) is 9.78 Å². The minimum atomic E-state index is -0.197. The second-order valence-corrected chi connectivity index (χ2v) is 4.97. The summed E-state index contributed by atoms with van der Waals surface area (Å²) in [5.74, 6) is 1.16. The van der Waals surface area contributed by atoms with Crippen molar-refractivity contribution in [1.82, 2.24) is 9.55 Å². The summed E-state index contributed by atoms with van der Waals surface area (Å²) in [6.07, 6.45) is 5.75. The van der Waals surface area contributed by atoms with Gasteiger partial charge in [0, 0.05) is 24.4 Å². The number of aryl methyl sites for hydroxylation is 1. The van der Waals surface area contributed by atoms with Crippen molar-refractivity contribution < 1.29 is 14.3 Å². The van der Waals surface area contributed by atoms with Crippen LogP contribution in [0.4, 0.5) is 0 Å². The van der Waals surface area contributed by atoms with Gasteiger partial charge in [-0.3, -0.25) is 0 Å². The van der Waals surface area contributed by atoms with Gasteiger partial charge >= 0.3 is 5.97 Å². The van der Waals surface area contributed by atoms with Crippen molar-refractivity contribution >= 4 is 5.97 Å². The van der Waals surface area contributed by atoms with Crippen molar-refractivity contribution in [2.24, 2.45) is 0 Å². The number of aromatic nitrogens is 2. The molecule has 2 aliphatic rings. The van der Waals surface area contributed by atoms with Crippen LogP contribution in [0.2, 0.25) is 0 Å². The summed E-state index contributed by atoms with van der Waals surface area (Å²) in [5, 5.41) is 0. The van der Waals surface area contributed by atoms with E-state index < -0.39 is 0 Å². The number of carbonyl (C=O) groups excluding carboxylic acids is 1. The second kappa shape index (κ2) is 4.72. The van der Waals surface area contributed by atoms with Crippen molar-refractivity contribution in [2.75, 3.05) is 20.3 Å². The van der Waals surface area contributed by atoms with Crippen molar-refractivity contribution in [3.63, 3.8) is 0 Å². The Kier molecular flexibility index (Phi) is 3.07. The lowest BCUT2D eigenvalue weighted by atomic mass is 10.0. The first-order chi connectivity index (χ1) is 8.81. The van der Waals surface area contributed by atoms with Crippen LogP contribution in [-0.4, -0.2) is 35.8 Å². The SMILES string of the molecule is COC(=O)C1CCCc2cnc(C3CCOC3)n21. The number of methoxy groups -OCH3 is 1. The largest absolute Gasteiger partial charge is 0.467 e. The summed E-state index contributed by atoms with van der Waals surface area (Å²) < 4.78 is 12.4. The summed E-state index contributed by atoms with van der Waals surface area (Å²) in [6, 6.07) is -0.197. The molecule has 2 unspecified atom stereocenters. The molecule has 0 spiro atoms. The topological polar surface area (TPSA) is 53.4 Å². The maximum atomic E-state index is 11.9. The van der Waals surface area contributed by atoms with Gasteiger partial charge in [-0.05, 0) is 25.7 Å². The minimum Gasteiger partial charge on any atom is -0.467 e. The molecule has 1 fully saturated rings. The molecular weight excluding hydrogens is 232 g/mol. The van der Waals surface area contributed by atoms with E-state index in [1.165, 1.54) is 7.11 Å². The quantitative estimate of drug-likeness (QED) is 0.745. The molecule has 3 heterocycles. The fourth-order valence-electron chi connectivity index (χ4n) is 2.96. The van der Waals surface area contributed by atoms with Crippen LogP contribution in [0.15, 0.2) is 6.20 Å². The van der Waals surface area contributed by atoms with Crippen molar-refractivity contribution in [2.45, 2.75) is 37.6 Å². The van der Waals surface area contributed by atoms with Crippen molar-refractivity contribution in [3.05, 3.63) is 17.7 Å². The maximum Gasteiger partial charge on any atom is 0.328 e. The molecule has 98 valence electrons. The van der Waals surface area contributed by atoms with Crippen LogP contribution in [0.1, 0.15) is 42.7 Å². The molecule has 18 heavy (non-hydrogen) atoms. The number of rotatable bonds is 2. The first-order valence-electron chi connectivity index (χ1n) is 6.53. The van der Waals surface area contributed by atoms with E-state index in [0.29, 0.717) is 12.5 Å². The predicted molar refractivity (Wildman–Crippen MR) is 64.4 cm³/mol. The van der Waals surface area contributed by atoms with Crippen LogP contribution in [0.3, 0.4) is 0 Å². The highest BCUT2D eigenvalue weighted by atomic mass is 16.5. The lowest BCUT2D eigenvalue weighted by Gasteiger charge is -2.26. The Balaban J connectivity index is 1.97. The molecule has 0 aliphatic carbocycles. The van der Waals surface area contributed by atoms with E-state index in [9.17, 15) is 4.79 Å². The molecule has 0 saturated carbocycles. The van der Waals surface area contributed by atoms with E-state index in [2.05, 4.69) is 9.55 Å². The molecule has 0 N–H and O–H groups in total. The third kappa shape index (κ3) is 1.82. The van der Waals surface area contributed by atoms with Crippen LogP contribution < -0.4 is 0 Å². The zero-order chi connectivity index (χ0) is 12.5. The normalized spacial score (nSPS) is 26.9. The van der Waals surface area contributed by atoms with E-state index in [-0.39, 0.29) is 12.0 Å². The Morgan fingerprint density at radius 1 is 1.56 bits per heavy atom. The Morgan fingerprint density at radius 3 is 3.17 bits per heavy atom. The maximum absolute atomic E-state index is 11.9. The fraction of sp³-hybridized carbons (Fsp3) is 0.692. The Morgan fingerprint density at radius 2 is 2.44 bits per heavy atom. The lowest BCUT2D eigenvalue weighted by molar-refractivity contribution is -0.145. The number of carbonyl (C=O) groups is 1. The van der Waals surface area contributed by atoms with Crippen molar-refractivity contribution in [3.8, 4) is 0 Å². The fourth-order valence-corrected chi connectivity index (χ4v) is 2.96. The number of imidazole rings is 1. The zero-order valence-electron chi connectivity index (χ0n) is 10.6. The van der Waals surface area contributed by atoms with Crippen LogP contribution in [-0.2, 0) is 20.7 Å². The van der Waals surface area contributed by atoms with Gasteiger partial charge < -0.3 is 14.0 Å². The molecule has 3 rings (SSSR count). The first-order valence-corrected chi connectivity index (χ1v) is 6.53. The third-order valence-corrected chi connectivity index (χ3v) is 3.89. The van der Waals surface area contributed by atoms with Crippen LogP contribution >= 0.6 is 0 Å². The van der Waals surface area contributed by atoms with Gasteiger partial charge in [0.1, 0.15) is 11.9 Å². The average molecular weight is 250 g/mol. The Bertz CT molecular complexity index is 449. The van der Waals surface area contributed by atoms with Gasteiger partial charge in [-0.15, -0.1) is 0 Å². The smallest absolute Gasteiger partial charge is 0.328 e. The molecule has 0 aromatic carbocycles. The highest BCUT2D eigenvalue weighted by molar-refractivity contribution is 5.74. The van der Waals surface area contributed by atoms with Gasteiger partial charge in [0.15, 0.2) is 0 Å². The molecule has 2 atom stereocenters. The first kappa shape index (κ1) is 11.7. The molecule has 1 saturated heterocycles. The van der Waals surface area contributed by atoms with E-state index in [1.807, 2.05) is 6.20 Å². The number of nitrogens with zero attached hydrogens (tertiary/aromatic N) is 2. The second-order valence-electron chi connectivity index (χ2n) is 4.97. The van der Waals surface area contributed by atoms with Gasteiger partial charge in [0.05, 0.1) is 13.7 Å². The number of hydrogen-bond acceptors (Lipinski definition) is 4. The molecule has 0 radical (unpaired) electrons. The zero-order valence-corrected chi connectivity index (χ0v) is 10.6. The predicted octanol–water partition coefficient (Wildman–Crippen LogP) is 1.44. The van der Waals surface area contributed by atoms with E-state index in [0.717, 1.165) is 43.8 Å². The Labute approximate surface area is 106 Å². The molecule has 5 heteroatoms. The average Bonchev–Trinajstić information content (AvgIpc) is 3.05. The van der Waals surface area contributed by atoms with Crippen LogP contribution in [0.5, 0.6) is 0 Å². The Hall–Kier alpha value is -1.36. The molecule has 0 bridgehead atoms. The summed E-state index contributed by atoms with van der Waals surface area (Å²) in [4.78, 5) is 16.4. The van der Waals surface area contributed by atoms with Crippen LogP contribution in [0, 0.1) is 0 Å². The minimum absolute atomic E-state index is 0.158. The molecule has 0 amide bonds. The number of fused-ring (bicyclic) bond motifs is 1. The number of ether oxygens (including phenoxy) is 2. The summed E-state index contributed by atoms with van der Waals surface area (Å²) in [6.45, 7) is 1.50. The standard InChI is InChI=1S/C13H18N2O3/c1-17-13(16)11-4-2-3-10-7-14-12(15(10)11)9-5-6-18-8-9/h7,9,11H,2-6,8H2,1H3. The van der Waals surface area contributed by atoms with E-state index >= 15 is 0 Å². The summed E-state index contributed by atoms with van der Waals surface area (Å²) >= 11 is 0. The van der Waals surface area contributed by atoms with Crippen molar-refractivity contribution in [1.29, 1.82) is 0 Å². The van der Waals surface area contributed by atoms with E-state index in [1.54, 1.807) is 0 Å². The van der Waals surface area contributed by atoms with Gasteiger partial charge in [-0.2, -0.15) is 0 Å². The van der Waals surface area contributed by atoms with Gasteiger partial charge in [-0.1, -0.05) is 0 Å². The summed E-state index contributed by atoms with van der Waals surface area (Å²) in [7, 11) is 1.45. The number of hydrogen-bond donors (Lipinski definition) is 0. The number of esters is 1. The monoisotopic (exact) mass is 250 g/mol. The van der Waals surface area contributed by atoms with Crippen LogP contribution in [0.25, 0.3) is 0 Å². The molecule has 5 nitrogen and oxygen atoms in total. The lowest BCUT2D eigenvalue weighted by Crippen LogP contribution is -2.28. The van der Waals surface area contributed by atoms with Gasteiger partial charge in [0.2, 0.25) is 0 Å². The molecule has 2 aliphatic heterocycles.